The zero-order valence-corrected chi connectivity index (χ0v) is 11.4. The molecule has 0 saturated heterocycles. The average Bonchev–Trinajstić information content (AvgIpc) is 3.08. The lowest BCUT2D eigenvalue weighted by molar-refractivity contribution is -0.138. The van der Waals surface area contributed by atoms with E-state index in [1.807, 2.05) is 12.1 Å². The van der Waals surface area contributed by atoms with Crippen molar-refractivity contribution in [2.75, 3.05) is 5.75 Å². The quantitative estimate of drug-likeness (QED) is 0.802. The Morgan fingerprint density at radius 2 is 2.11 bits per heavy atom. The number of hydrogen-bond acceptors (Lipinski definition) is 3. The SMILES string of the molecule is NC(=O)c1cccc(CSCC2(CC(=O)O)CC2)c1. The first-order valence-electron chi connectivity index (χ1n) is 6.19. The highest BCUT2D eigenvalue weighted by Crippen LogP contribution is 2.51. The molecule has 1 aliphatic rings. The molecule has 102 valence electrons. The Morgan fingerprint density at radius 1 is 1.37 bits per heavy atom. The van der Waals surface area contributed by atoms with E-state index in [1.165, 1.54) is 0 Å². The maximum Gasteiger partial charge on any atom is 0.303 e. The van der Waals surface area contributed by atoms with Crippen molar-refractivity contribution < 1.29 is 14.7 Å². The molecule has 5 heteroatoms. The van der Waals surface area contributed by atoms with Crippen LogP contribution >= 0.6 is 11.8 Å². The first-order valence-corrected chi connectivity index (χ1v) is 7.35. The number of nitrogens with two attached hydrogens (primary N) is 1. The zero-order chi connectivity index (χ0) is 13.9. The third kappa shape index (κ3) is 3.99. The summed E-state index contributed by atoms with van der Waals surface area (Å²) in [5.41, 5.74) is 6.81. The summed E-state index contributed by atoms with van der Waals surface area (Å²) in [5, 5.41) is 8.84. The summed E-state index contributed by atoms with van der Waals surface area (Å²) in [6, 6.07) is 7.27. The molecule has 1 aliphatic carbocycles. The molecule has 0 heterocycles. The van der Waals surface area contributed by atoms with Gasteiger partial charge in [0.05, 0.1) is 6.42 Å². The van der Waals surface area contributed by atoms with Gasteiger partial charge in [-0.1, -0.05) is 12.1 Å². The van der Waals surface area contributed by atoms with E-state index in [9.17, 15) is 9.59 Å². The molecule has 1 saturated carbocycles. The summed E-state index contributed by atoms with van der Waals surface area (Å²) < 4.78 is 0. The molecule has 3 N–H and O–H groups in total. The van der Waals surface area contributed by atoms with Gasteiger partial charge >= 0.3 is 5.97 Å². The minimum absolute atomic E-state index is 0.0117. The van der Waals surface area contributed by atoms with Gasteiger partial charge in [-0.25, -0.2) is 0 Å². The zero-order valence-electron chi connectivity index (χ0n) is 10.6. The Bertz CT molecular complexity index is 497. The number of carboxylic acids is 1. The van der Waals surface area contributed by atoms with Gasteiger partial charge < -0.3 is 10.8 Å². The van der Waals surface area contributed by atoms with Crippen LogP contribution in [0, 0.1) is 5.41 Å². The number of rotatable bonds is 7. The summed E-state index contributed by atoms with van der Waals surface area (Å²) in [6.07, 6.45) is 2.28. The number of amides is 1. The van der Waals surface area contributed by atoms with Crippen LogP contribution in [0.5, 0.6) is 0 Å². The highest BCUT2D eigenvalue weighted by atomic mass is 32.2. The van der Waals surface area contributed by atoms with Crippen molar-refractivity contribution in [2.24, 2.45) is 11.1 Å². The summed E-state index contributed by atoms with van der Waals surface area (Å²) in [7, 11) is 0. The second kappa shape index (κ2) is 5.65. The molecule has 0 unspecified atom stereocenters. The fourth-order valence-corrected chi connectivity index (χ4v) is 3.41. The van der Waals surface area contributed by atoms with Crippen LogP contribution in [0.1, 0.15) is 35.2 Å². The molecule has 0 radical (unpaired) electrons. The number of benzene rings is 1. The van der Waals surface area contributed by atoms with Gasteiger partial charge in [-0.2, -0.15) is 11.8 Å². The fraction of sp³-hybridized carbons (Fsp3) is 0.429. The number of carbonyl (C=O) groups is 2. The first kappa shape index (κ1) is 13.9. The normalized spacial score (nSPS) is 16.0. The van der Waals surface area contributed by atoms with E-state index in [-0.39, 0.29) is 11.8 Å². The summed E-state index contributed by atoms with van der Waals surface area (Å²) in [5.74, 6) is 0.507. The topological polar surface area (TPSA) is 80.4 Å². The molecular weight excluding hydrogens is 262 g/mol. The molecule has 0 bridgehead atoms. The minimum atomic E-state index is -0.714. The standard InChI is InChI=1S/C14H17NO3S/c15-13(18)11-3-1-2-10(6-11)8-19-9-14(4-5-14)7-12(16)17/h1-3,6H,4-5,7-9H2,(H2,15,18)(H,16,17). The highest BCUT2D eigenvalue weighted by Gasteiger charge is 2.43. The highest BCUT2D eigenvalue weighted by molar-refractivity contribution is 7.98. The summed E-state index contributed by atoms with van der Waals surface area (Å²) in [4.78, 5) is 21.8. The van der Waals surface area contributed by atoms with Crippen molar-refractivity contribution in [3.05, 3.63) is 35.4 Å². The van der Waals surface area contributed by atoms with Crippen LogP contribution in [0.3, 0.4) is 0 Å². The van der Waals surface area contributed by atoms with E-state index in [1.54, 1.807) is 23.9 Å². The van der Waals surface area contributed by atoms with Crippen molar-refractivity contribution in [2.45, 2.75) is 25.0 Å². The largest absolute Gasteiger partial charge is 0.481 e. The van der Waals surface area contributed by atoms with E-state index in [0.29, 0.717) is 5.56 Å². The first-order chi connectivity index (χ1) is 9.01. The molecule has 4 nitrogen and oxygen atoms in total. The van der Waals surface area contributed by atoms with Crippen molar-refractivity contribution in [3.8, 4) is 0 Å². The summed E-state index contributed by atoms with van der Waals surface area (Å²) >= 11 is 1.72. The number of carboxylic acid groups (broad SMARTS) is 1. The second-order valence-corrected chi connectivity index (χ2v) is 6.11. The van der Waals surface area contributed by atoms with Crippen LogP contribution in [-0.4, -0.2) is 22.7 Å². The Labute approximate surface area is 116 Å². The third-order valence-corrected chi connectivity index (χ3v) is 4.73. The second-order valence-electron chi connectivity index (χ2n) is 5.13. The van der Waals surface area contributed by atoms with Crippen molar-refractivity contribution in [1.82, 2.24) is 0 Å². The van der Waals surface area contributed by atoms with Crippen molar-refractivity contribution in [3.63, 3.8) is 0 Å². The van der Waals surface area contributed by atoms with E-state index in [4.69, 9.17) is 10.8 Å². The van der Waals surface area contributed by atoms with Crippen molar-refractivity contribution in [1.29, 1.82) is 0 Å². The van der Waals surface area contributed by atoms with Gasteiger partial charge in [0.15, 0.2) is 0 Å². The molecule has 1 fully saturated rings. The maximum atomic E-state index is 11.1. The van der Waals surface area contributed by atoms with Gasteiger partial charge in [0, 0.05) is 11.3 Å². The lowest BCUT2D eigenvalue weighted by atomic mass is 10.1. The van der Waals surface area contributed by atoms with Crippen LogP contribution in [0.2, 0.25) is 0 Å². The van der Waals surface area contributed by atoms with E-state index in [2.05, 4.69) is 0 Å². The van der Waals surface area contributed by atoms with Crippen molar-refractivity contribution >= 4 is 23.6 Å². The molecule has 0 aromatic heterocycles. The third-order valence-electron chi connectivity index (χ3n) is 3.37. The Morgan fingerprint density at radius 3 is 2.68 bits per heavy atom. The maximum absolute atomic E-state index is 11.1. The number of hydrogen-bond donors (Lipinski definition) is 2. The molecule has 19 heavy (non-hydrogen) atoms. The lowest BCUT2D eigenvalue weighted by Crippen LogP contribution is -2.12. The van der Waals surface area contributed by atoms with Gasteiger partial charge in [0.25, 0.3) is 0 Å². The van der Waals surface area contributed by atoms with Crippen LogP contribution < -0.4 is 5.73 Å². The Balaban J connectivity index is 1.84. The van der Waals surface area contributed by atoms with Crippen LogP contribution in [-0.2, 0) is 10.5 Å². The van der Waals surface area contributed by atoms with Crippen LogP contribution in [0.25, 0.3) is 0 Å². The molecule has 1 aromatic rings. The Kier molecular flexibility index (Phi) is 4.14. The summed E-state index contributed by atoms with van der Waals surface area (Å²) in [6.45, 7) is 0. The molecule has 1 aromatic carbocycles. The smallest absolute Gasteiger partial charge is 0.303 e. The monoisotopic (exact) mass is 279 g/mol. The fourth-order valence-electron chi connectivity index (χ4n) is 2.07. The average molecular weight is 279 g/mol. The minimum Gasteiger partial charge on any atom is -0.481 e. The number of aliphatic carboxylic acids is 1. The molecule has 0 spiro atoms. The molecule has 2 rings (SSSR count). The predicted octanol–water partition coefficient (Wildman–Crippen LogP) is 2.27. The van der Waals surface area contributed by atoms with Crippen LogP contribution in [0.15, 0.2) is 24.3 Å². The molecular formula is C14H17NO3S. The van der Waals surface area contributed by atoms with E-state index >= 15 is 0 Å². The van der Waals surface area contributed by atoms with Gasteiger partial charge in [-0.05, 0) is 41.7 Å². The number of thioether (sulfide) groups is 1. The van der Waals surface area contributed by atoms with Gasteiger partial charge in [-0.3, -0.25) is 9.59 Å². The predicted molar refractivity (Wildman–Crippen MR) is 75.0 cm³/mol. The van der Waals surface area contributed by atoms with Gasteiger partial charge in [-0.15, -0.1) is 0 Å². The molecule has 0 atom stereocenters. The van der Waals surface area contributed by atoms with Gasteiger partial charge in [0.2, 0.25) is 5.91 Å². The van der Waals surface area contributed by atoms with Gasteiger partial charge in [0.1, 0.15) is 0 Å². The lowest BCUT2D eigenvalue weighted by Gasteiger charge is -2.11. The van der Waals surface area contributed by atoms with E-state index in [0.717, 1.165) is 29.9 Å². The number of carbonyl (C=O) groups excluding carboxylic acids is 1. The Hall–Kier alpha value is -1.49. The number of primary amides is 1. The van der Waals surface area contributed by atoms with Crippen LogP contribution in [0.4, 0.5) is 0 Å². The van der Waals surface area contributed by atoms with E-state index < -0.39 is 11.9 Å². The molecule has 0 aliphatic heterocycles. The molecule has 1 amide bonds.